The Balaban J connectivity index is 1.60. The minimum Gasteiger partial charge on any atom is -0.337 e. The van der Waals surface area contributed by atoms with Crippen LogP contribution in [0.5, 0.6) is 0 Å². The van der Waals surface area contributed by atoms with Crippen molar-refractivity contribution >= 4 is 6.03 Å². The van der Waals surface area contributed by atoms with Gasteiger partial charge in [0.15, 0.2) is 0 Å². The number of hydrogen-bond acceptors (Lipinski definition) is 3. The van der Waals surface area contributed by atoms with E-state index in [2.05, 4.69) is 17.3 Å². The Morgan fingerprint density at radius 3 is 2.50 bits per heavy atom. The number of nitrogens with one attached hydrogen (secondary N) is 1. The minimum absolute atomic E-state index is 0.0975. The molecule has 0 spiro atoms. The van der Waals surface area contributed by atoms with Crippen LogP contribution in [0, 0.1) is 5.92 Å². The Morgan fingerprint density at radius 1 is 1.25 bits per heavy atom. The molecule has 1 heterocycles. The summed E-state index contributed by atoms with van der Waals surface area (Å²) in [6.45, 7) is 4.16. The van der Waals surface area contributed by atoms with Crippen LogP contribution in [-0.2, 0) is 0 Å². The third kappa shape index (κ3) is 4.35. The van der Waals surface area contributed by atoms with Crippen LogP contribution >= 0.6 is 0 Å². The van der Waals surface area contributed by atoms with Crippen LogP contribution in [0.2, 0.25) is 0 Å². The summed E-state index contributed by atoms with van der Waals surface area (Å²) in [5, 5.41) is 3.05. The van der Waals surface area contributed by atoms with Gasteiger partial charge >= 0.3 is 6.03 Å². The summed E-state index contributed by atoms with van der Waals surface area (Å²) in [5.74, 6) is 0.604. The summed E-state index contributed by atoms with van der Waals surface area (Å²) in [7, 11) is 2.18. The summed E-state index contributed by atoms with van der Waals surface area (Å²) >= 11 is 0. The van der Waals surface area contributed by atoms with Gasteiger partial charge in [-0.15, -0.1) is 0 Å². The van der Waals surface area contributed by atoms with Gasteiger partial charge in [0.25, 0.3) is 0 Å². The third-order valence-electron chi connectivity index (χ3n) is 4.92. The first-order chi connectivity index (χ1) is 9.70. The lowest BCUT2D eigenvalue weighted by atomic mass is 9.97. The highest BCUT2D eigenvalue weighted by atomic mass is 16.2. The summed E-state index contributed by atoms with van der Waals surface area (Å²) in [6.07, 6.45) is 7.45. The Morgan fingerprint density at radius 2 is 1.90 bits per heavy atom. The van der Waals surface area contributed by atoms with Crippen molar-refractivity contribution in [1.82, 2.24) is 15.1 Å². The zero-order valence-corrected chi connectivity index (χ0v) is 12.8. The zero-order chi connectivity index (χ0) is 14.4. The normalized spacial score (nSPS) is 21.6. The Bertz CT molecular complexity index is 296. The number of urea groups is 1. The zero-order valence-electron chi connectivity index (χ0n) is 12.8. The number of nitrogens with zero attached hydrogens (tertiary/aromatic N) is 2. The van der Waals surface area contributed by atoms with Gasteiger partial charge in [-0.05, 0) is 45.2 Å². The first kappa shape index (κ1) is 15.6. The van der Waals surface area contributed by atoms with Gasteiger partial charge in [0.1, 0.15) is 0 Å². The van der Waals surface area contributed by atoms with Crippen LogP contribution in [0.15, 0.2) is 0 Å². The minimum atomic E-state index is 0.0975. The van der Waals surface area contributed by atoms with E-state index in [1.165, 1.54) is 25.7 Å². The molecule has 2 rings (SSSR count). The van der Waals surface area contributed by atoms with Gasteiger partial charge < -0.3 is 20.9 Å². The average Bonchev–Trinajstić information content (AvgIpc) is 3.01. The number of nitrogens with two attached hydrogens (primary N) is 1. The Kier molecular flexibility index (Phi) is 6.10. The van der Waals surface area contributed by atoms with Gasteiger partial charge in [-0.1, -0.05) is 12.8 Å². The van der Waals surface area contributed by atoms with Crippen LogP contribution in [0.3, 0.4) is 0 Å². The third-order valence-corrected chi connectivity index (χ3v) is 4.92. The van der Waals surface area contributed by atoms with Crippen molar-refractivity contribution in [2.75, 3.05) is 39.8 Å². The summed E-state index contributed by atoms with van der Waals surface area (Å²) < 4.78 is 0. The van der Waals surface area contributed by atoms with E-state index in [4.69, 9.17) is 5.73 Å². The molecule has 116 valence electrons. The molecule has 1 aliphatic carbocycles. The number of carbonyl (C=O) groups excluding carboxylic acids is 1. The predicted molar refractivity (Wildman–Crippen MR) is 81.6 cm³/mol. The van der Waals surface area contributed by atoms with Crippen molar-refractivity contribution in [2.45, 2.75) is 44.6 Å². The fourth-order valence-electron chi connectivity index (χ4n) is 3.35. The molecule has 3 N–H and O–H groups in total. The summed E-state index contributed by atoms with van der Waals surface area (Å²) in [4.78, 5) is 16.4. The Labute approximate surface area is 122 Å². The highest BCUT2D eigenvalue weighted by Gasteiger charge is 2.22. The number of hydrogen-bond donors (Lipinski definition) is 2. The van der Waals surface area contributed by atoms with Crippen molar-refractivity contribution in [3.63, 3.8) is 0 Å². The van der Waals surface area contributed by atoms with Crippen LogP contribution in [0.1, 0.15) is 38.5 Å². The number of likely N-dealkylation sites (N-methyl/N-ethyl adjacent to an activating group) is 1. The molecule has 1 aliphatic heterocycles. The molecule has 0 unspecified atom stereocenters. The molecule has 0 aromatic rings. The maximum Gasteiger partial charge on any atom is 0.317 e. The van der Waals surface area contributed by atoms with E-state index < -0.39 is 0 Å². The first-order valence-corrected chi connectivity index (χ1v) is 8.13. The molecule has 2 fully saturated rings. The van der Waals surface area contributed by atoms with E-state index in [0.717, 1.165) is 51.6 Å². The van der Waals surface area contributed by atoms with Crippen LogP contribution in [0.4, 0.5) is 4.79 Å². The number of rotatable bonds is 5. The van der Waals surface area contributed by atoms with E-state index in [1.807, 2.05) is 4.90 Å². The summed E-state index contributed by atoms with van der Waals surface area (Å²) in [5.41, 5.74) is 5.67. The molecular formula is C15H30N4O. The van der Waals surface area contributed by atoms with Crippen molar-refractivity contribution < 1.29 is 4.79 Å². The van der Waals surface area contributed by atoms with Gasteiger partial charge in [-0.3, -0.25) is 0 Å². The second-order valence-corrected chi connectivity index (χ2v) is 6.32. The van der Waals surface area contributed by atoms with Crippen molar-refractivity contribution in [1.29, 1.82) is 0 Å². The van der Waals surface area contributed by atoms with E-state index in [-0.39, 0.29) is 6.03 Å². The fraction of sp³-hybridized carbons (Fsp3) is 0.933. The van der Waals surface area contributed by atoms with Gasteiger partial charge in [-0.2, -0.15) is 0 Å². The second-order valence-electron chi connectivity index (χ2n) is 6.32. The van der Waals surface area contributed by atoms with Gasteiger partial charge in [0.2, 0.25) is 0 Å². The number of carbonyl (C=O) groups is 1. The predicted octanol–water partition coefficient (Wildman–Crippen LogP) is 1.24. The molecule has 1 saturated heterocycles. The molecular weight excluding hydrogens is 252 g/mol. The molecule has 1 saturated carbocycles. The molecule has 5 nitrogen and oxygen atoms in total. The highest BCUT2D eigenvalue weighted by Crippen LogP contribution is 2.21. The lowest BCUT2D eigenvalue weighted by Gasteiger charge is -2.32. The van der Waals surface area contributed by atoms with E-state index in [1.54, 1.807) is 0 Å². The van der Waals surface area contributed by atoms with Crippen molar-refractivity contribution in [3.05, 3.63) is 0 Å². The molecule has 0 atom stereocenters. The van der Waals surface area contributed by atoms with Crippen molar-refractivity contribution in [2.24, 2.45) is 11.7 Å². The van der Waals surface area contributed by atoms with Crippen LogP contribution in [0.25, 0.3) is 0 Å². The van der Waals surface area contributed by atoms with Crippen LogP contribution in [-0.4, -0.2) is 61.6 Å². The number of likely N-dealkylation sites (tertiary alicyclic amines) is 1. The molecule has 2 amide bonds. The lowest BCUT2D eigenvalue weighted by molar-refractivity contribution is 0.169. The van der Waals surface area contributed by atoms with E-state index >= 15 is 0 Å². The molecule has 0 bridgehead atoms. The number of piperidine rings is 1. The number of amides is 2. The largest absolute Gasteiger partial charge is 0.337 e. The topological polar surface area (TPSA) is 61.6 Å². The molecule has 0 aromatic heterocycles. The molecule has 2 aliphatic rings. The molecule has 0 radical (unpaired) electrons. The van der Waals surface area contributed by atoms with Gasteiger partial charge in [0, 0.05) is 32.2 Å². The quantitative estimate of drug-likeness (QED) is 0.797. The maximum atomic E-state index is 12.1. The highest BCUT2D eigenvalue weighted by molar-refractivity contribution is 5.74. The summed E-state index contributed by atoms with van der Waals surface area (Å²) in [6, 6.07) is 0.826. The average molecular weight is 282 g/mol. The Hall–Kier alpha value is -0.810. The lowest BCUT2D eigenvalue weighted by Crippen LogP contribution is -2.47. The van der Waals surface area contributed by atoms with Crippen LogP contribution < -0.4 is 11.1 Å². The SMILES string of the molecule is CN(CCNC(=O)N1CCC(CN)CC1)C1CCCC1. The molecule has 5 heteroatoms. The second kappa shape index (κ2) is 7.84. The van der Waals surface area contributed by atoms with E-state index in [0.29, 0.717) is 5.92 Å². The van der Waals surface area contributed by atoms with Gasteiger partial charge in [0.05, 0.1) is 0 Å². The monoisotopic (exact) mass is 282 g/mol. The van der Waals surface area contributed by atoms with Crippen molar-refractivity contribution in [3.8, 4) is 0 Å². The molecule has 0 aromatic carbocycles. The van der Waals surface area contributed by atoms with E-state index in [9.17, 15) is 4.79 Å². The first-order valence-electron chi connectivity index (χ1n) is 8.13. The standard InChI is InChI=1S/C15H30N4O/c1-18(14-4-2-3-5-14)11-8-17-15(20)19-9-6-13(12-16)7-10-19/h13-14H,2-12,16H2,1H3,(H,17,20). The van der Waals surface area contributed by atoms with Gasteiger partial charge in [-0.25, -0.2) is 4.79 Å². The maximum absolute atomic E-state index is 12.1. The molecule has 20 heavy (non-hydrogen) atoms. The smallest absolute Gasteiger partial charge is 0.317 e. The fourth-order valence-corrected chi connectivity index (χ4v) is 3.35.